The molecule has 188 valence electrons. The zero-order chi connectivity index (χ0) is 25.0. The number of rotatable bonds is 8. The van der Waals surface area contributed by atoms with Crippen molar-refractivity contribution in [2.45, 2.75) is 77.0 Å². The van der Waals surface area contributed by atoms with Gasteiger partial charge in [-0.1, -0.05) is 75.4 Å². The van der Waals surface area contributed by atoms with Crippen LogP contribution < -0.4 is 4.74 Å². The molecule has 1 aliphatic rings. The van der Waals surface area contributed by atoms with Crippen LogP contribution in [0.4, 0.5) is 22.0 Å². The molecule has 1 fully saturated rings. The molecule has 1 nitrogen and oxygen atoms in total. The first-order chi connectivity index (χ1) is 16.7. The average Bonchev–Trinajstić information content (AvgIpc) is 2.83. The smallest absolute Gasteiger partial charge is 0.403 e. The molecule has 0 radical (unpaired) electrons. The fourth-order valence-electron chi connectivity index (χ4n) is 5.31. The maximum atomic E-state index is 15.3. The Bertz CT molecular complexity index is 1150. The van der Waals surface area contributed by atoms with Gasteiger partial charge in [-0.3, -0.25) is 0 Å². The minimum atomic E-state index is -5.00. The molecule has 6 heteroatoms. The third kappa shape index (κ3) is 6.33. The lowest BCUT2D eigenvalue weighted by molar-refractivity contribution is -0.275. The molecule has 0 aromatic heterocycles. The zero-order valence-corrected chi connectivity index (χ0v) is 19.9. The first-order valence-corrected chi connectivity index (χ1v) is 12.5. The monoisotopic (exact) mass is 490 g/mol. The van der Waals surface area contributed by atoms with E-state index in [-0.39, 0.29) is 11.1 Å². The molecule has 0 saturated heterocycles. The van der Waals surface area contributed by atoms with Gasteiger partial charge in [0.15, 0.2) is 11.6 Å². The molecule has 1 saturated carbocycles. The van der Waals surface area contributed by atoms with Crippen molar-refractivity contribution in [3.63, 3.8) is 0 Å². The van der Waals surface area contributed by atoms with Gasteiger partial charge in [-0.05, 0) is 66.2 Å². The zero-order valence-electron chi connectivity index (χ0n) is 19.9. The molecule has 0 spiro atoms. The molecule has 3 aromatic carbocycles. The quantitative estimate of drug-likeness (QED) is 0.225. The molecule has 0 N–H and O–H groups in total. The third-order valence-electron chi connectivity index (χ3n) is 7.23. The van der Waals surface area contributed by atoms with E-state index in [1.165, 1.54) is 56.6 Å². The van der Waals surface area contributed by atoms with Crippen LogP contribution in [0.3, 0.4) is 0 Å². The van der Waals surface area contributed by atoms with E-state index in [0.29, 0.717) is 11.3 Å². The van der Waals surface area contributed by atoms with Crippen LogP contribution in [0.2, 0.25) is 0 Å². The van der Waals surface area contributed by atoms with Crippen molar-refractivity contribution in [3.05, 3.63) is 65.7 Å². The fraction of sp³-hybridized carbons (Fsp3) is 0.448. The summed E-state index contributed by atoms with van der Waals surface area (Å²) >= 11 is 0. The first-order valence-electron chi connectivity index (χ1n) is 12.5. The molecule has 0 unspecified atom stereocenters. The lowest BCUT2D eigenvalue weighted by Crippen LogP contribution is -2.17. The van der Waals surface area contributed by atoms with Crippen molar-refractivity contribution in [1.82, 2.24) is 0 Å². The van der Waals surface area contributed by atoms with Crippen LogP contribution >= 0.6 is 0 Å². The molecule has 0 bridgehead atoms. The Morgan fingerprint density at radius 3 is 2.31 bits per heavy atom. The molecule has 0 heterocycles. The highest BCUT2D eigenvalue weighted by Gasteiger charge is 2.32. The lowest BCUT2D eigenvalue weighted by Gasteiger charge is -2.29. The highest BCUT2D eigenvalue weighted by molar-refractivity contribution is 5.89. The molecule has 0 amide bonds. The van der Waals surface area contributed by atoms with Crippen molar-refractivity contribution in [2.24, 2.45) is 5.92 Å². The Morgan fingerprint density at radius 2 is 1.63 bits per heavy atom. The summed E-state index contributed by atoms with van der Waals surface area (Å²) in [5, 5.41) is 1.18. The first kappa shape index (κ1) is 25.5. The molecule has 3 aromatic rings. The van der Waals surface area contributed by atoms with Gasteiger partial charge in [0.2, 0.25) is 0 Å². The lowest BCUT2D eigenvalue weighted by atomic mass is 9.76. The molecular formula is C29H31F5O. The van der Waals surface area contributed by atoms with Crippen molar-refractivity contribution in [1.29, 1.82) is 0 Å². The number of hydrogen-bond donors (Lipinski definition) is 0. The van der Waals surface area contributed by atoms with Gasteiger partial charge < -0.3 is 4.74 Å². The highest BCUT2D eigenvalue weighted by Crippen LogP contribution is 2.40. The number of benzene rings is 3. The minimum absolute atomic E-state index is 0.131. The summed E-state index contributed by atoms with van der Waals surface area (Å²) in [6.07, 6.45) is 6.32. The van der Waals surface area contributed by atoms with Gasteiger partial charge in [-0.25, -0.2) is 8.78 Å². The Balaban J connectivity index is 1.47. The van der Waals surface area contributed by atoms with Crippen LogP contribution in [0.1, 0.15) is 76.2 Å². The Hall–Kier alpha value is -2.63. The van der Waals surface area contributed by atoms with E-state index in [1.54, 1.807) is 18.2 Å². The summed E-state index contributed by atoms with van der Waals surface area (Å²) in [5.41, 5.74) is 1.50. The van der Waals surface area contributed by atoms with E-state index in [0.717, 1.165) is 36.3 Å². The van der Waals surface area contributed by atoms with Gasteiger partial charge >= 0.3 is 6.36 Å². The second kappa shape index (κ2) is 11.0. The van der Waals surface area contributed by atoms with E-state index in [9.17, 15) is 17.6 Å². The largest absolute Gasteiger partial charge is 0.573 e. The maximum absolute atomic E-state index is 15.3. The number of halogens is 5. The van der Waals surface area contributed by atoms with Gasteiger partial charge in [0.1, 0.15) is 5.82 Å². The summed E-state index contributed by atoms with van der Waals surface area (Å²) in [4.78, 5) is 0. The summed E-state index contributed by atoms with van der Waals surface area (Å²) < 4.78 is 70.3. The number of ether oxygens (including phenoxy) is 1. The van der Waals surface area contributed by atoms with Crippen LogP contribution in [-0.4, -0.2) is 6.36 Å². The summed E-state index contributed by atoms with van der Waals surface area (Å²) in [6, 6.07) is 12.1. The van der Waals surface area contributed by atoms with Crippen LogP contribution in [0.15, 0.2) is 48.5 Å². The Labute approximate surface area is 203 Å². The van der Waals surface area contributed by atoms with Crippen LogP contribution in [0.25, 0.3) is 21.9 Å². The predicted molar refractivity (Wildman–Crippen MR) is 129 cm³/mol. The summed E-state index contributed by atoms with van der Waals surface area (Å²) in [5.74, 6) is -1.37. The minimum Gasteiger partial charge on any atom is -0.403 e. The van der Waals surface area contributed by atoms with Crippen molar-refractivity contribution in [3.8, 4) is 16.9 Å². The molecule has 1 aliphatic carbocycles. The number of hydrogen-bond acceptors (Lipinski definition) is 1. The van der Waals surface area contributed by atoms with Crippen molar-refractivity contribution >= 4 is 10.8 Å². The van der Waals surface area contributed by atoms with Gasteiger partial charge in [-0.15, -0.1) is 13.2 Å². The van der Waals surface area contributed by atoms with Crippen LogP contribution in [0.5, 0.6) is 5.75 Å². The van der Waals surface area contributed by atoms with Crippen molar-refractivity contribution < 1.29 is 26.7 Å². The normalized spacial score (nSPS) is 18.7. The van der Waals surface area contributed by atoms with E-state index in [1.807, 2.05) is 12.1 Å². The van der Waals surface area contributed by atoms with E-state index in [4.69, 9.17) is 0 Å². The maximum Gasteiger partial charge on any atom is 0.573 e. The number of alkyl halides is 3. The third-order valence-corrected chi connectivity index (χ3v) is 7.23. The van der Waals surface area contributed by atoms with Gasteiger partial charge in [-0.2, -0.15) is 0 Å². The standard InChI is InChI=1S/C29H31F5O/c1-2-3-4-5-6-19-7-9-20(10-8-19)21-11-14-24-22(17-21)12-15-25(28(24)31)23-13-16-27(26(30)18-23)35-29(32,33)34/h11-20H,2-10H2,1H3/t19-,20-. The second-order valence-electron chi connectivity index (χ2n) is 9.67. The topological polar surface area (TPSA) is 9.23 Å². The molecule has 0 atom stereocenters. The number of unbranched alkanes of at least 4 members (excludes halogenated alkanes) is 3. The highest BCUT2D eigenvalue weighted by atomic mass is 19.4. The van der Waals surface area contributed by atoms with Gasteiger partial charge in [0.05, 0.1) is 0 Å². The Morgan fingerprint density at radius 1 is 0.857 bits per heavy atom. The number of fused-ring (bicyclic) bond motifs is 1. The molecule has 35 heavy (non-hydrogen) atoms. The summed E-state index contributed by atoms with van der Waals surface area (Å²) in [6.45, 7) is 2.23. The molecule has 0 aliphatic heterocycles. The van der Waals surface area contributed by atoms with Gasteiger partial charge in [0.25, 0.3) is 0 Å². The van der Waals surface area contributed by atoms with Crippen molar-refractivity contribution in [2.75, 3.05) is 0 Å². The fourth-order valence-corrected chi connectivity index (χ4v) is 5.31. The molecular weight excluding hydrogens is 459 g/mol. The summed E-state index contributed by atoms with van der Waals surface area (Å²) in [7, 11) is 0. The van der Waals surface area contributed by atoms with E-state index >= 15 is 4.39 Å². The van der Waals surface area contributed by atoms with E-state index < -0.39 is 23.7 Å². The van der Waals surface area contributed by atoms with Crippen LogP contribution in [-0.2, 0) is 0 Å². The predicted octanol–water partition coefficient (Wildman–Crippen LogP) is 9.93. The van der Waals surface area contributed by atoms with Crippen LogP contribution in [0, 0.1) is 17.6 Å². The average molecular weight is 491 g/mol. The van der Waals surface area contributed by atoms with Gasteiger partial charge in [0, 0.05) is 10.9 Å². The Kier molecular flexibility index (Phi) is 7.98. The van der Waals surface area contributed by atoms with E-state index in [2.05, 4.69) is 11.7 Å². The molecule has 4 rings (SSSR count). The SMILES string of the molecule is CCCCCC[C@H]1CC[C@H](c2ccc3c(F)c(-c4ccc(OC(F)(F)F)c(F)c4)ccc3c2)CC1. The second-order valence-corrected chi connectivity index (χ2v) is 9.67.